The van der Waals surface area contributed by atoms with Crippen LogP contribution < -0.4 is 4.90 Å². The molecule has 2 bridgehead atoms. The number of anilines is 1. The largest absolute Gasteiger partial charge is 0.392 e. The highest BCUT2D eigenvalue weighted by Crippen LogP contribution is 2.66. The molecule has 3 saturated carbocycles. The van der Waals surface area contributed by atoms with Crippen molar-refractivity contribution >= 4 is 28.3 Å². The lowest BCUT2D eigenvalue weighted by atomic mass is 9.67. The van der Waals surface area contributed by atoms with Crippen LogP contribution in [0, 0.1) is 34.5 Å². The normalized spacial score (nSPS) is 39.4. The molecular formula is C28H35NO4S. The van der Waals surface area contributed by atoms with Gasteiger partial charge in [0.05, 0.1) is 23.6 Å². The van der Waals surface area contributed by atoms with E-state index in [-0.39, 0.29) is 34.5 Å². The molecule has 0 radical (unpaired) electrons. The molecule has 6 heteroatoms. The van der Waals surface area contributed by atoms with Crippen LogP contribution in [0.2, 0.25) is 0 Å². The topological polar surface area (TPSA) is 74.7 Å². The highest BCUT2D eigenvalue weighted by molar-refractivity contribution is 7.89. The van der Waals surface area contributed by atoms with Gasteiger partial charge >= 0.3 is 0 Å². The molecule has 1 unspecified atom stereocenters. The van der Waals surface area contributed by atoms with Gasteiger partial charge in [-0.2, -0.15) is 0 Å². The van der Waals surface area contributed by atoms with Crippen molar-refractivity contribution in [1.29, 1.82) is 0 Å². The van der Waals surface area contributed by atoms with Gasteiger partial charge in [-0.3, -0.25) is 18.7 Å². The minimum atomic E-state index is -1.25. The van der Waals surface area contributed by atoms with E-state index in [0.29, 0.717) is 23.8 Å². The average molecular weight is 482 g/mol. The summed E-state index contributed by atoms with van der Waals surface area (Å²) in [6.45, 7) is 4.49. The molecule has 5 nitrogen and oxygen atoms in total. The SMILES string of the molecule is CC1(C)[C@@H]2CC[C@@]1(CS(=O)C1=C3CCCC[C@@H]3[C@@H]3C(=O)N(c4ccccc4)C(=O)[C@@H]3C1)[C@H](O)C2. The minimum absolute atomic E-state index is 0.0203. The predicted molar refractivity (Wildman–Crippen MR) is 132 cm³/mol. The second-order valence-corrected chi connectivity index (χ2v) is 13.3. The lowest BCUT2D eigenvalue weighted by molar-refractivity contribution is -0.122. The third-order valence-electron chi connectivity index (χ3n) is 10.4. The monoisotopic (exact) mass is 481 g/mol. The molecule has 1 saturated heterocycles. The third kappa shape index (κ3) is 2.97. The zero-order valence-electron chi connectivity index (χ0n) is 20.2. The van der Waals surface area contributed by atoms with Crippen molar-refractivity contribution in [2.75, 3.05) is 10.7 Å². The lowest BCUT2D eigenvalue weighted by Crippen LogP contribution is -2.44. The Hall–Kier alpha value is -1.79. The molecule has 1 aliphatic heterocycles. The lowest BCUT2D eigenvalue weighted by Gasteiger charge is -2.42. The van der Waals surface area contributed by atoms with Crippen molar-refractivity contribution in [2.24, 2.45) is 34.5 Å². The number of aliphatic hydroxyl groups is 1. The van der Waals surface area contributed by atoms with Gasteiger partial charge in [0.25, 0.3) is 0 Å². The predicted octanol–water partition coefficient (Wildman–Crippen LogP) is 4.58. The number of fused-ring (bicyclic) bond motifs is 5. The Morgan fingerprint density at radius 2 is 1.82 bits per heavy atom. The van der Waals surface area contributed by atoms with Crippen LogP contribution in [0.4, 0.5) is 5.69 Å². The summed E-state index contributed by atoms with van der Waals surface area (Å²) in [4.78, 5) is 29.4. The summed E-state index contributed by atoms with van der Waals surface area (Å²) in [6.07, 6.45) is 6.71. The van der Waals surface area contributed by atoms with E-state index in [0.717, 1.165) is 49.9 Å². The Kier molecular flexibility index (Phi) is 5.24. The Morgan fingerprint density at radius 3 is 2.50 bits per heavy atom. The molecule has 4 fully saturated rings. The fourth-order valence-electron chi connectivity index (χ4n) is 8.30. The van der Waals surface area contributed by atoms with Crippen LogP contribution in [0.3, 0.4) is 0 Å². The zero-order chi connectivity index (χ0) is 23.8. The molecule has 1 N–H and O–H groups in total. The average Bonchev–Trinajstić information content (AvgIpc) is 3.30. The molecule has 2 amide bonds. The molecule has 1 aromatic rings. The fourth-order valence-corrected chi connectivity index (χ4v) is 10.6. The number of para-hydroxylation sites is 1. The Morgan fingerprint density at radius 1 is 1.06 bits per heavy atom. The van der Waals surface area contributed by atoms with E-state index in [2.05, 4.69) is 13.8 Å². The van der Waals surface area contributed by atoms with Crippen LogP contribution in [0.15, 0.2) is 40.8 Å². The van der Waals surface area contributed by atoms with E-state index >= 15 is 0 Å². The number of hydrogen-bond donors (Lipinski definition) is 1. The number of imide groups is 1. The Labute approximate surface area is 204 Å². The van der Waals surface area contributed by atoms with Gasteiger partial charge in [0.15, 0.2) is 0 Å². The summed E-state index contributed by atoms with van der Waals surface area (Å²) in [6, 6.07) is 9.23. The number of nitrogens with zero attached hydrogens (tertiary/aromatic N) is 1. The number of carbonyl (C=O) groups excluding carboxylic acids is 2. The molecule has 0 spiro atoms. The van der Waals surface area contributed by atoms with Crippen molar-refractivity contribution in [1.82, 2.24) is 0 Å². The van der Waals surface area contributed by atoms with Gasteiger partial charge in [0, 0.05) is 26.9 Å². The standard InChI is InChI=1S/C28H35NO4S/c1-27(2)17-12-13-28(27,23(30)14-17)16-34(33)22-15-21-24(20-11-7-6-10-19(20)22)26(32)29(25(21)31)18-8-4-3-5-9-18/h3-5,8-9,17,20-21,23-24,30H,6-7,10-16H2,1-2H3/t17-,20+,21-,23-,24+,28-,34?/m1/s1. The van der Waals surface area contributed by atoms with E-state index in [1.807, 2.05) is 30.3 Å². The maximum Gasteiger partial charge on any atom is 0.238 e. The summed E-state index contributed by atoms with van der Waals surface area (Å²) in [5.74, 6) is 0.0158. The van der Waals surface area contributed by atoms with Gasteiger partial charge in [-0.25, -0.2) is 0 Å². The Balaban J connectivity index is 1.35. The Bertz CT molecular complexity index is 1090. The number of amides is 2. The van der Waals surface area contributed by atoms with Crippen LogP contribution in [-0.4, -0.2) is 33.0 Å². The summed E-state index contributed by atoms with van der Waals surface area (Å²) in [7, 11) is -1.25. The van der Waals surface area contributed by atoms with E-state index in [1.54, 1.807) is 0 Å². The van der Waals surface area contributed by atoms with E-state index in [1.165, 1.54) is 10.5 Å². The number of benzene rings is 1. The molecule has 1 heterocycles. The quantitative estimate of drug-likeness (QED) is 0.639. The number of aliphatic hydroxyl groups excluding tert-OH is 1. The molecule has 34 heavy (non-hydrogen) atoms. The highest BCUT2D eigenvalue weighted by Gasteiger charge is 2.64. The number of rotatable bonds is 4. The van der Waals surface area contributed by atoms with Gasteiger partial charge in [-0.15, -0.1) is 0 Å². The number of carbonyl (C=O) groups is 2. The molecule has 7 atom stereocenters. The first-order chi connectivity index (χ1) is 16.3. The van der Waals surface area contributed by atoms with Crippen molar-refractivity contribution in [3.8, 4) is 0 Å². The number of hydrogen-bond acceptors (Lipinski definition) is 4. The van der Waals surface area contributed by atoms with Crippen LogP contribution >= 0.6 is 0 Å². The van der Waals surface area contributed by atoms with Gasteiger partial charge in [0.2, 0.25) is 11.8 Å². The van der Waals surface area contributed by atoms with Crippen LogP contribution in [0.5, 0.6) is 0 Å². The first-order valence-corrected chi connectivity index (χ1v) is 14.3. The fraction of sp³-hybridized carbons (Fsp3) is 0.643. The molecular weight excluding hydrogens is 446 g/mol. The van der Waals surface area contributed by atoms with E-state index in [4.69, 9.17) is 0 Å². The summed E-state index contributed by atoms with van der Waals surface area (Å²) in [5, 5.41) is 11.0. The smallest absolute Gasteiger partial charge is 0.238 e. The second kappa shape index (κ2) is 7.86. The van der Waals surface area contributed by atoms with Crippen molar-refractivity contribution in [2.45, 2.75) is 71.3 Å². The molecule has 1 aromatic carbocycles. The first-order valence-electron chi connectivity index (χ1n) is 13.0. The highest BCUT2D eigenvalue weighted by atomic mass is 32.2. The molecule has 4 aliphatic carbocycles. The van der Waals surface area contributed by atoms with Gasteiger partial charge in [0.1, 0.15) is 0 Å². The van der Waals surface area contributed by atoms with E-state index < -0.39 is 22.8 Å². The van der Waals surface area contributed by atoms with Crippen molar-refractivity contribution < 1.29 is 18.9 Å². The summed E-state index contributed by atoms with van der Waals surface area (Å²) >= 11 is 0. The first kappa shape index (κ1) is 22.7. The third-order valence-corrected chi connectivity index (χ3v) is 12.2. The number of allylic oxidation sites excluding steroid dienone is 2. The van der Waals surface area contributed by atoms with Gasteiger partial charge in [-0.1, -0.05) is 44.0 Å². The molecule has 5 aliphatic rings. The minimum Gasteiger partial charge on any atom is -0.392 e. The van der Waals surface area contributed by atoms with Gasteiger partial charge in [-0.05, 0) is 74.3 Å². The van der Waals surface area contributed by atoms with Crippen molar-refractivity contribution in [3.63, 3.8) is 0 Å². The maximum atomic E-state index is 14.1. The van der Waals surface area contributed by atoms with Crippen LogP contribution in [0.1, 0.15) is 65.2 Å². The molecule has 0 aromatic heterocycles. The van der Waals surface area contributed by atoms with Crippen LogP contribution in [0.25, 0.3) is 0 Å². The molecule has 6 rings (SSSR count). The maximum absolute atomic E-state index is 14.1. The van der Waals surface area contributed by atoms with Crippen LogP contribution in [-0.2, 0) is 20.4 Å². The van der Waals surface area contributed by atoms with E-state index in [9.17, 15) is 18.9 Å². The summed E-state index contributed by atoms with van der Waals surface area (Å²) < 4.78 is 14.1. The van der Waals surface area contributed by atoms with Gasteiger partial charge < -0.3 is 5.11 Å². The second-order valence-electron chi connectivity index (χ2n) is 11.8. The van der Waals surface area contributed by atoms with Crippen molar-refractivity contribution in [3.05, 3.63) is 40.8 Å². The molecule has 182 valence electrons. The zero-order valence-corrected chi connectivity index (χ0v) is 21.0. The summed E-state index contributed by atoms with van der Waals surface area (Å²) in [5.41, 5.74) is 1.49.